The lowest BCUT2D eigenvalue weighted by Crippen LogP contribution is -2.47. The summed E-state index contributed by atoms with van der Waals surface area (Å²) in [5.41, 5.74) is 0. The van der Waals surface area contributed by atoms with Crippen LogP contribution in [-0.2, 0) is 0 Å². The van der Waals surface area contributed by atoms with Crippen molar-refractivity contribution in [3.63, 3.8) is 0 Å². The third kappa shape index (κ3) is 2.56. The molecule has 2 bridgehead atoms. The number of halogens is 1. The largest absolute Gasteiger partial charge is 0.348 e. The molecular formula is C12H15BrN2OS. The van der Waals surface area contributed by atoms with Gasteiger partial charge in [-0.2, -0.15) is 0 Å². The zero-order valence-electron chi connectivity index (χ0n) is 9.41. The van der Waals surface area contributed by atoms with Crippen LogP contribution in [-0.4, -0.2) is 24.0 Å². The molecule has 1 amide bonds. The lowest BCUT2D eigenvalue weighted by molar-refractivity contribution is 0.0928. The van der Waals surface area contributed by atoms with E-state index in [0.29, 0.717) is 18.1 Å². The molecular weight excluding hydrogens is 300 g/mol. The summed E-state index contributed by atoms with van der Waals surface area (Å²) in [4.78, 5) is 12.8. The van der Waals surface area contributed by atoms with Crippen molar-refractivity contribution in [1.82, 2.24) is 10.6 Å². The molecule has 2 aliphatic rings. The third-order valence-electron chi connectivity index (χ3n) is 3.61. The van der Waals surface area contributed by atoms with Gasteiger partial charge in [0.05, 0.1) is 8.66 Å². The quantitative estimate of drug-likeness (QED) is 0.880. The molecule has 3 rings (SSSR count). The Labute approximate surface area is 113 Å². The number of carbonyl (C=O) groups excluding carboxylic acids is 1. The van der Waals surface area contributed by atoms with Crippen LogP contribution in [0.2, 0.25) is 0 Å². The van der Waals surface area contributed by atoms with Gasteiger partial charge in [-0.25, -0.2) is 0 Å². The highest BCUT2D eigenvalue weighted by atomic mass is 79.9. The molecule has 5 heteroatoms. The van der Waals surface area contributed by atoms with Gasteiger partial charge in [-0.1, -0.05) is 0 Å². The van der Waals surface area contributed by atoms with Crippen LogP contribution in [0.4, 0.5) is 0 Å². The minimum atomic E-state index is 0.0759. The first-order valence-electron chi connectivity index (χ1n) is 6.03. The number of amides is 1. The molecule has 3 nitrogen and oxygen atoms in total. The van der Waals surface area contributed by atoms with Gasteiger partial charge in [-0.15, -0.1) is 11.3 Å². The minimum Gasteiger partial charge on any atom is -0.348 e. The number of thiophene rings is 1. The molecule has 2 saturated heterocycles. The predicted molar refractivity (Wildman–Crippen MR) is 72.5 cm³/mol. The Kier molecular flexibility index (Phi) is 3.23. The first-order chi connectivity index (χ1) is 8.20. The van der Waals surface area contributed by atoms with Crippen LogP contribution in [0.25, 0.3) is 0 Å². The van der Waals surface area contributed by atoms with E-state index < -0.39 is 0 Å². The zero-order chi connectivity index (χ0) is 11.8. The number of nitrogens with one attached hydrogen (secondary N) is 2. The molecule has 0 aliphatic carbocycles. The monoisotopic (exact) mass is 314 g/mol. The minimum absolute atomic E-state index is 0.0759. The average Bonchev–Trinajstić information content (AvgIpc) is 2.85. The molecule has 92 valence electrons. The van der Waals surface area contributed by atoms with E-state index in [2.05, 4.69) is 26.6 Å². The molecule has 1 aromatic heterocycles. The molecule has 17 heavy (non-hydrogen) atoms. The van der Waals surface area contributed by atoms with Gasteiger partial charge < -0.3 is 10.6 Å². The fourth-order valence-electron chi connectivity index (χ4n) is 2.87. The van der Waals surface area contributed by atoms with E-state index >= 15 is 0 Å². The maximum Gasteiger partial charge on any atom is 0.261 e. The Morgan fingerprint density at radius 2 is 2.06 bits per heavy atom. The topological polar surface area (TPSA) is 41.1 Å². The van der Waals surface area contributed by atoms with Gasteiger partial charge in [0.2, 0.25) is 0 Å². The number of piperidine rings is 1. The van der Waals surface area contributed by atoms with E-state index in [1.165, 1.54) is 24.2 Å². The maximum atomic E-state index is 12.0. The number of rotatable bonds is 2. The Morgan fingerprint density at radius 3 is 2.65 bits per heavy atom. The van der Waals surface area contributed by atoms with E-state index in [9.17, 15) is 4.79 Å². The molecule has 0 saturated carbocycles. The molecule has 2 N–H and O–H groups in total. The van der Waals surface area contributed by atoms with Crippen LogP contribution in [0.3, 0.4) is 0 Å². The fourth-order valence-corrected chi connectivity index (χ4v) is 4.16. The number of hydrogen-bond acceptors (Lipinski definition) is 3. The van der Waals surface area contributed by atoms with Crippen LogP contribution in [0.1, 0.15) is 35.4 Å². The summed E-state index contributed by atoms with van der Waals surface area (Å²) < 4.78 is 1.01. The van der Waals surface area contributed by atoms with Crippen molar-refractivity contribution >= 4 is 33.2 Å². The maximum absolute atomic E-state index is 12.0. The number of carbonyl (C=O) groups is 1. The summed E-state index contributed by atoms with van der Waals surface area (Å²) in [6.45, 7) is 0. The van der Waals surface area contributed by atoms with E-state index in [0.717, 1.165) is 21.5 Å². The van der Waals surface area contributed by atoms with Crippen molar-refractivity contribution in [1.29, 1.82) is 0 Å². The second-order valence-corrected chi connectivity index (χ2v) is 7.35. The van der Waals surface area contributed by atoms with E-state index in [4.69, 9.17) is 0 Å². The SMILES string of the molecule is O=C(NC1CC2CCC(C1)N2)c1ccc(Br)s1. The highest BCUT2D eigenvalue weighted by Crippen LogP contribution is 2.27. The summed E-state index contributed by atoms with van der Waals surface area (Å²) in [5, 5.41) is 6.74. The van der Waals surface area contributed by atoms with Gasteiger partial charge in [0.25, 0.3) is 5.91 Å². The second kappa shape index (κ2) is 4.71. The van der Waals surface area contributed by atoms with Crippen molar-refractivity contribution in [3.8, 4) is 0 Å². The summed E-state index contributed by atoms with van der Waals surface area (Å²) in [5.74, 6) is 0.0759. The Bertz CT molecular complexity index is 422. The van der Waals surface area contributed by atoms with Crippen molar-refractivity contribution in [2.24, 2.45) is 0 Å². The predicted octanol–water partition coefficient (Wildman–Crippen LogP) is 2.52. The zero-order valence-corrected chi connectivity index (χ0v) is 11.8. The van der Waals surface area contributed by atoms with Gasteiger partial charge >= 0.3 is 0 Å². The second-order valence-electron chi connectivity index (χ2n) is 4.88. The molecule has 0 spiro atoms. The molecule has 2 unspecified atom stereocenters. The standard InChI is InChI=1S/C12H15BrN2OS/c13-11-4-3-10(17-11)12(16)15-9-5-7-1-2-8(6-9)14-7/h3-4,7-9,14H,1-2,5-6H2,(H,15,16). The average molecular weight is 315 g/mol. The molecule has 0 radical (unpaired) electrons. The first-order valence-corrected chi connectivity index (χ1v) is 7.64. The molecule has 1 aromatic rings. The number of hydrogen-bond donors (Lipinski definition) is 2. The molecule has 2 atom stereocenters. The van der Waals surface area contributed by atoms with Gasteiger partial charge in [0, 0.05) is 18.1 Å². The van der Waals surface area contributed by atoms with E-state index in [1.807, 2.05) is 12.1 Å². The first kappa shape index (κ1) is 11.7. The van der Waals surface area contributed by atoms with E-state index in [-0.39, 0.29) is 5.91 Å². The Morgan fingerprint density at radius 1 is 1.35 bits per heavy atom. The van der Waals surface area contributed by atoms with Crippen LogP contribution in [0.5, 0.6) is 0 Å². The van der Waals surface area contributed by atoms with Crippen molar-refractivity contribution < 1.29 is 4.79 Å². The van der Waals surface area contributed by atoms with Gasteiger partial charge in [-0.3, -0.25) is 4.79 Å². The van der Waals surface area contributed by atoms with E-state index in [1.54, 1.807) is 0 Å². The number of fused-ring (bicyclic) bond motifs is 2. The van der Waals surface area contributed by atoms with Gasteiger partial charge in [0.15, 0.2) is 0 Å². The Balaban J connectivity index is 1.62. The van der Waals surface area contributed by atoms with Crippen LogP contribution >= 0.6 is 27.3 Å². The summed E-state index contributed by atoms with van der Waals surface area (Å²) in [6.07, 6.45) is 4.69. The third-order valence-corrected chi connectivity index (χ3v) is 5.23. The molecule has 2 aliphatic heterocycles. The smallest absolute Gasteiger partial charge is 0.261 e. The lowest BCUT2D eigenvalue weighted by Gasteiger charge is -2.29. The molecule has 3 heterocycles. The molecule has 0 aromatic carbocycles. The fraction of sp³-hybridized carbons (Fsp3) is 0.583. The summed E-state index contributed by atoms with van der Waals surface area (Å²) in [6, 6.07) is 5.39. The van der Waals surface area contributed by atoms with Gasteiger partial charge in [0.1, 0.15) is 0 Å². The highest BCUT2D eigenvalue weighted by molar-refractivity contribution is 9.11. The summed E-state index contributed by atoms with van der Waals surface area (Å²) in [7, 11) is 0. The van der Waals surface area contributed by atoms with Crippen molar-refractivity contribution in [2.45, 2.75) is 43.8 Å². The Hall–Kier alpha value is -0.390. The summed E-state index contributed by atoms with van der Waals surface area (Å²) >= 11 is 4.87. The normalized spacial score (nSPS) is 31.5. The van der Waals surface area contributed by atoms with Crippen LogP contribution in [0.15, 0.2) is 15.9 Å². The van der Waals surface area contributed by atoms with Gasteiger partial charge in [-0.05, 0) is 53.7 Å². The van der Waals surface area contributed by atoms with Crippen molar-refractivity contribution in [3.05, 3.63) is 20.8 Å². The van der Waals surface area contributed by atoms with Crippen LogP contribution in [0, 0.1) is 0 Å². The van der Waals surface area contributed by atoms with Crippen molar-refractivity contribution in [2.75, 3.05) is 0 Å². The molecule has 2 fully saturated rings. The lowest BCUT2D eigenvalue weighted by atomic mass is 10.00. The van der Waals surface area contributed by atoms with Crippen LogP contribution < -0.4 is 10.6 Å². The highest BCUT2D eigenvalue weighted by Gasteiger charge is 2.34.